The van der Waals surface area contributed by atoms with Gasteiger partial charge in [0.1, 0.15) is 6.04 Å². The zero-order valence-electron chi connectivity index (χ0n) is 10.6. The molecule has 0 radical (unpaired) electrons. The summed E-state index contributed by atoms with van der Waals surface area (Å²) in [6.45, 7) is 4.21. The second kappa shape index (κ2) is 5.87. The zero-order valence-corrected chi connectivity index (χ0v) is 11.4. The third-order valence-corrected chi connectivity index (χ3v) is 3.67. The third kappa shape index (κ3) is 2.82. The molecule has 96 valence electrons. The molecule has 3 nitrogen and oxygen atoms in total. The van der Waals surface area contributed by atoms with Gasteiger partial charge in [-0.1, -0.05) is 6.92 Å². The zero-order chi connectivity index (χ0) is 13.0. The van der Waals surface area contributed by atoms with Gasteiger partial charge in [-0.15, -0.1) is 11.3 Å². The molecule has 1 heterocycles. The fourth-order valence-corrected chi connectivity index (χ4v) is 2.60. The lowest BCUT2D eigenvalue weighted by Crippen LogP contribution is -2.30. The summed E-state index contributed by atoms with van der Waals surface area (Å²) in [6, 6.07) is 7.94. The topological polar surface area (TPSA) is 38.3 Å². The number of fused-ring (bicyclic) bond motifs is 1. The van der Waals surface area contributed by atoms with Gasteiger partial charge in [0, 0.05) is 10.4 Å². The number of nitrogens with one attached hydrogen (secondary N) is 1. The van der Waals surface area contributed by atoms with E-state index < -0.39 is 0 Å². The molecular weight excluding hydrogens is 246 g/mol. The van der Waals surface area contributed by atoms with E-state index in [1.165, 1.54) is 10.1 Å². The molecule has 1 N–H and O–H groups in total. The van der Waals surface area contributed by atoms with E-state index in [2.05, 4.69) is 28.9 Å². The molecule has 0 spiro atoms. The summed E-state index contributed by atoms with van der Waals surface area (Å²) in [5.74, 6) is -0.189. The fourth-order valence-electron chi connectivity index (χ4n) is 1.83. The molecule has 2 rings (SSSR count). The smallest absolute Gasteiger partial charge is 0.328 e. The molecule has 1 aromatic heterocycles. The van der Waals surface area contributed by atoms with Crippen LogP contribution in [0.15, 0.2) is 29.6 Å². The Bertz CT molecular complexity index is 535. The van der Waals surface area contributed by atoms with Gasteiger partial charge in [-0.3, -0.25) is 0 Å². The first-order valence-corrected chi connectivity index (χ1v) is 7.03. The van der Waals surface area contributed by atoms with E-state index in [4.69, 9.17) is 4.74 Å². The number of hydrogen-bond acceptors (Lipinski definition) is 4. The molecule has 2 aromatic rings. The lowest BCUT2D eigenvalue weighted by Gasteiger charge is -2.16. The number of anilines is 1. The van der Waals surface area contributed by atoms with Crippen molar-refractivity contribution in [3.05, 3.63) is 29.6 Å². The maximum atomic E-state index is 11.7. The van der Waals surface area contributed by atoms with Gasteiger partial charge in [-0.2, -0.15) is 0 Å². The van der Waals surface area contributed by atoms with Crippen LogP contribution in [-0.4, -0.2) is 18.6 Å². The van der Waals surface area contributed by atoms with Crippen LogP contribution in [0.25, 0.3) is 10.1 Å². The van der Waals surface area contributed by atoms with Gasteiger partial charge in [-0.05, 0) is 48.4 Å². The Morgan fingerprint density at radius 3 is 2.94 bits per heavy atom. The van der Waals surface area contributed by atoms with Crippen molar-refractivity contribution in [3.8, 4) is 0 Å². The van der Waals surface area contributed by atoms with Crippen LogP contribution in [0.4, 0.5) is 5.69 Å². The van der Waals surface area contributed by atoms with Crippen molar-refractivity contribution >= 4 is 33.1 Å². The highest BCUT2D eigenvalue weighted by molar-refractivity contribution is 7.17. The molecule has 0 bridgehead atoms. The van der Waals surface area contributed by atoms with E-state index in [1.54, 1.807) is 11.3 Å². The Kier molecular flexibility index (Phi) is 4.20. The second-order valence-corrected chi connectivity index (χ2v) is 4.98. The van der Waals surface area contributed by atoms with E-state index in [0.29, 0.717) is 13.0 Å². The number of ether oxygens (including phenoxy) is 1. The van der Waals surface area contributed by atoms with Crippen molar-refractivity contribution in [3.63, 3.8) is 0 Å². The monoisotopic (exact) mass is 263 g/mol. The van der Waals surface area contributed by atoms with Crippen molar-refractivity contribution in [2.24, 2.45) is 0 Å². The lowest BCUT2D eigenvalue weighted by atomic mass is 10.2. The largest absolute Gasteiger partial charge is 0.464 e. The molecule has 0 amide bonds. The van der Waals surface area contributed by atoms with Crippen molar-refractivity contribution in [1.82, 2.24) is 0 Å². The average Bonchev–Trinajstić information content (AvgIpc) is 2.83. The number of thiophene rings is 1. The predicted octanol–water partition coefficient (Wildman–Crippen LogP) is 3.65. The van der Waals surface area contributed by atoms with E-state index in [1.807, 2.05) is 19.9 Å². The van der Waals surface area contributed by atoms with Gasteiger partial charge >= 0.3 is 5.97 Å². The van der Waals surface area contributed by atoms with Gasteiger partial charge in [0.2, 0.25) is 0 Å². The predicted molar refractivity (Wildman–Crippen MR) is 76.2 cm³/mol. The highest BCUT2D eigenvalue weighted by Gasteiger charge is 2.17. The van der Waals surface area contributed by atoms with Crippen LogP contribution >= 0.6 is 11.3 Å². The van der Waals surface area contributed by atoms with Gasteiger partial charge in [0.05, 0.1) is 6.61 Å². The first-order chi connectivity index (χ1) is 8.74. The Labute approximate surface area is 111 Å². The minimum atomic E-state index is -0.277. The molecule has 0 saturated carbocycles. The van der Waals surface area contributed by atoms with E-state index in [-0.39, 0.29) is 12.0 Å². The molecule has 0 aliphatic heterocycles. The van der Waals surface area contributed by atoms with Crippen molar-refractivity contribution in [1.29, 1.82) is 0 Å². The fraction of sp³-hybridized carbons (Fsp3) is 0.357. The van der Waals surface area contributed by atoms with Crippen LogP contribution in [0.2, 0.25) is 0 Å². The van der Waals surface area contributed by atoms with Crippen LogP contribution in [0.1, 0.15) is 20.3 Å². The first-order valence-electron chi connectivity index (χ1n) is 6.15. The highest BCUT2D eigenvalue weighted by atomic mass is 32.1. The molecule has 0 aliphatic rings. The average molecular weight is 263 g/mol. The van der Waals surface area contributed by atoms with Crippen LogP contribution in [-0.2, 0) is 9.53 Å². The van der Waals surface area contributed by atoms with Gasteiger partial charge in [-0.25, -0.2) is 4.79 Å². The minimum absolute atomic E-state index is 0.189. The molecule has 4 heteroatoms. The van der Waals surface area contributed by atoms with E-state index >= 15 is 0 Å². The molecular formula is C14H17NO2S. The summed E-state index contributed by atoms with van der Waals surface area (Å²) in [4.78, 5) is 11.7. The summed E-state index contributed by atoms with van der Waals surface area (Å²) >= 11 is 1.72. The number of hydrogen-bond donors (Lipinski definition) is 1. The Morgan fingerprint density at radius 2 is 2.22 bits per heavy atom. The molecule has 0 aliphatic carbocycles. The van der Waals surface area contributed by atoms with Crippen molar-refractivity contribution < 1.29 is 9.53 Å². The lowest BCUT2D eigenvalue weighted by molar-refractivity contribution is -0.144. The number of carbonyl (C=O) groups is 1. The Balaban J connectivity index is 2.13. The molecule has 1 atom stereocenters. The third-order valence-electron chi connectivity index (χ3n) is 2.77. The summed E-state index contributed by atoms with van der Waals surface area (Å²) in [5, 5.41) is 6.49. The van der Waals surface area contributed by atoms with Gasteiger partial charge < -0.3 is 10.1 Å². The Hall–Kier alpha value is -1.55. The second-order valence-electron chi connectivity index (χ2n) is 4.03. The summed E-state index contributed by atoms with van der Waals surface area (Å²) in [6.07, 6.45) is 0.709. The summed E-state index contributed by atoms with van der Waals surface area (Å²) < 4.78 is 6.29. The normalized spacial score (nSPS) is 12.3. The van der Waals surface area contributed by atoms with E-state index in [0.717, 1.165) is 5.69 Å². The number of carbonyl (C=O) groups excluding carboxylic acids is 1. The van der Waals surface area contributed by atoms with Crippen LogP contribution in [0.3, 0.4) is 0 Å². The van der Waals surface area contributed by atoms with Gasteiger partial charge in [0.25, 0.3) is 0 Å². The molecule has 1 aromatic carbocycles. The summed E-state index contributed by atoms with van der Waals surface area (Å²) in [5.41, 5.74) is 0.959. The van der Waals surface area contributed by atoms with Crippen molar-refractivity contribution in [2.75, 3.05) is 11.9 Å². The SMILES string of the molecule is CCOC(=O)C(CC)Nc1ccc2sccc2c1. The molecule has 0 fully saturated rings. The number of rotatable bonds is 5. The standard InChI is InChI=1S/C14H17NO2S/c1-3-12(14(16)17-4-2)15-11-5-6-13-10(9-11)7-8-18-13/h5-9,12,15H,3-4H2,1-2H3. The summed E-state index contributed by atoms with van der Waals surface area (Å²) in [7, 11) is 0. The van der Waals surface area contributed by atoms with E-state index in [9.17, 15) is 4.79 Å². The Morgan fingerprint density at radius 1 is 1.39 bits per heavy atom. The highest BCUT2D eigenvalue weighted by Crippen LogP contribution is 2.24. The molecule has 0 saturated heterocycles. The first kappa shape index (κ1) is 12.9. The molecule has 18 heavy (non-hydrogen) atoms. The van der Waals surface area contributed by atoms with Crippen LogP contribution in [0, 0.1) is 0 Å². The number of esters is 1. The van der Waals surface area contributed by atoms with Crippen LogP contribution < -0.4 is 5.32 Å². The maximum Gasteiger partial charge on any atom is 0.328 e. The maximum absolute atomic E-state index is 11.7. The number of benzene rings is 1. The molecule has 1 unspecified atom stereocenters. The quantitative estimate of drug-likeness (QED) is 0.837. The van der Waals surface area contributed by atoms with Crippen LogP contribution in [0.5, 0.6) is 0 Å². The minimum Gasteiger partial charge on any atom is -0.464 e. The van der Waals surface area contributed by atoms with Gasteiger partial charge in [0.15, 0.2) is 0 Å². The van der Waals surface area contributed by atoms with Crippen molar-refractivity contribution in [2.45, 2.75) is 26.3 Å².